The molecule has 1 heterocycles. The highest BCUT2D eigenvalue weighted by Gasteiger charge is 2.43. The van der Waals surface area contributed by atoms with Gasteiger partial charge in [0.25, 0.3) is 5.91 Å². The Balaban J connectivity index is 2.01. The van der Waals surface area contributed by atoms with Crippen LogP contribution < -0.4 is 14.7 Å². The molecule has 0 aliphatic carbocycles. The predicted molar refractivity (Wildman–Crippen MR) is 119 cm³/mol. The zero-order valence-electron chi connectivity index (χ0n) is 18.8. The number of carbonyl (C=O) groups is 2. The molecule has 0 saturated carbocycles. The minimum absolute atomic E-state index is 0.0554. The van der Waals surface area contributed by atoms with Gasteiger partial charge in [0.05, 0.1) is 33.3 Å². The number of ether oxygens (including phenoxy) is 1. The van der Waals surface area contributed by atoms with E-state index in [1.54, 1.807) is 36.4 Å². The Hall–Kier alpha value is -3.32. The number of aromatic hydroxyl groups is 1. The van der Waals surface area contributed by atoms with Crippen LogP contribution in [0.15, 0.2) is 54.1 Å². The topological polar surface area (TPSA) is 94.3 Å². The van der Waals surface area contributed by atoms with Gasteiger partial charge >= 0.3 is 0 Å². The second-order valence-corrected chi connectivity index (χ2v) is 8.25. The number of carbonyl (C=O) groups excluding carboxylic acids is 2. The number of amides is 1. The molecule has 7 heteroatoms. The number of phenolic OH excluding ortho intramolecular Hbond substituents is 1. The molecular formula is C25H30N2O5. The van der Waals surface area contributed by atoms with Gasteiger partial charge in [-0.2, -0.15) is 0 Å². The Morgan fingerprint density at radius 1 is 1.09 bits per heavy atom. The number of quaternary nitrogens is 1. The van der Waals surface area contributed by atoms with Crippen LogP contribution in [0.2, 0.25) is 0 Å². The molecule has 170 valence electrons. The molecule has 0 spiro atoms. The molecule has 0 aromatic heterocycles. The van der Waals surface area contributed by atoms with Gasteiger partial charge in [0.1, 0.15) is 11.5 Å². The zero-order chi connectivity index (χ0) is 23.3. The first kappa shape index (κ1) is 23.3. The summed E-state index contributed by atoms with van der Waals surface area (Å²) < 4.78 is 5.56. The third-order valence-corrected chi connectivity index (χ3v) is 5.40. The van der Waals surface area contributed by atoms with Gasteiger partial charge in [-0.3, -0.25) is 9.59 Å². The summed E-state index contributed by atoms with van der Waals surface area (Å²) in [6.45, 7) is 3.77. The van der Waals surface area contributed by atoms with Crippen LogP contribution >= 0.6 is 0 Å². The summed E-state index contributed by atoms with van der Waals surface area (Å²) in [4.78, 5) is 28.5. The average Bonchev–Trinajstić information content (AvgIpc) is 3.03. The van der Waals surface area contributed by atoms with Crippen molar-refractivity contribution < 1.29 is 29.4 Å². The minimum atomic E-state index is -0.781. The highest BCUT2D eigenvalue weighted by atomic mass is 16.5. The second-order valence-electron chi connectivity index (χ2n) is 8.25. The van der Waals surface area contributed by atoms with Gasteiger partial charge in [0.15, 0.2) is 0 Å². The summed E-state index contributed by atoms with van der Waals surface area (Å²) in [5.41, 5.74) is 0.888. The predicted octanol–water partition coefficient (Wildman–Crippen LogP) is 0.940. The van der Waals surface area contributed by atoms with Crippen LogP contribution in [-0.4, -0.2) is 55.5 Å². The number of phenols is 1. The van der Waals surface area contributed by atoms with Crippen molar-refractivity contribution in [1.29, 1.82) is 0 Å². The molecule has 3 rings (SSSR count). The molecule has 1 atom stereocenters. The summed E-state index contributed by atoms with van der Waals surface area (Å²) in [7, 11) is 4.03. The zero-order valence-corrected chi connectivity index (χ0v) is 18.8. The van der Waals surface area contributed by atoms with E-state index in [9.17, 15) is 19.8 Å². The van der Waals surface area contributed by atoms with Crippen molar-refractivity contribution in [3.05, 3.63) is 65.2 Å². The van der Waals surface area contributed by atoms with E-state index in [0.717, 1.165) is 13.0 Å². The number of ketones is 1. The minimum Gasteiger partial charge on any atom is -0.872 e. The number of likely N-dealkylation sites (tertiary alicyclic amines) is 1. The average molecular weight is 439 g/mol. The van der Waals surface area contributed by atoms with E-state index >= 15 is 0 Å². The van der Waals surface area contributed by atoms with Crippen molar-refractivity contribution in [3.63, 3.8) is 0 Å². The molecule has 1 amide bonds. The largest absolute Gasteiger partial charge is 0.872 e. The summed E-state index contributed by atoms with van der Waals surface area (Å²) >= 11 is 0. The van der Waals surface area contributed by atoms with Gasteiger partial charge in [-0.25, -0.2) is 0 Å². The molecule has 7 nitrogen and oxygen atoms in total. The lowest BCUT2D eigenvalue weighted by molar-refractivity contribution is -0.858. The van der Waals surface area contributed by atoms with E-state index in [4.69, 9.17) is 4.74 Å². The molecule has 2 aromatic carbocycles. The number of hydrogen-bond donors (Lipinski definition) is 2. The van der Waals surface area contributed by atoms with E-state index in [2.05, 4.69) is 0 Å². The number of rotatable bonds is 9. The van der Waals surface area contributed by atoms with E-state index in [0.29, 0.717) is 36.4 Å². The van der Waals surface area contributed by atoms with Gasteiger partial charge < -0.3 is 24.7 Å². The van der Waals surface area contributed by atoms with Crippen molar-refractivity contribution >= 4 is 17.4 Å². The summed E-state index contributed by atoms with van der Waals surface area (Å²) in [5, 5.41) is 23.1. The number of benzene rings is 2. The van der Waals surface area contributed by atoms with Crippen LogP contribution in [-0.2, 0) is 9.59 Å². The smallest absolute Gasteiger partial charge is 0.295 e. The van der Waals surface area contributed by atoms with Gasteiger partial charge in [0, 0.05) is 18.5 Å². The molecule has 1 fully saturated rings. The normalized spacial score (nSPS) is 17.9. The maximum Gasteiger partial charge on any atom is 0.295 e. The molecular weight excluding hydrogens is 408 g/mol. The molecule has 1 aliphatic rings. The van der Waals surface area contributed by atoms with Crippen molar-refractivity contribution in [1.82, 2.24) is 4.90 Å². The summed E-state index contributed by atoms with van der Waals surface area (Å²) in [5.74, 6) is -1.18. The first-order valence-electron chi connectivity index (χ1n) is 10.9. The molecule has 1 saturated heterocycles. The van der Waals surface area contributed by atoms with Crippen molar-refractivity contribution in [2.75, 3.05) is 33.8 Å². The number of hydrogen-bond acceptors (Lipinski definition) is 5. The first-order valence-corrected chi connectivity index (χ1v) is 10.9. The van der Waals surface area contributed by atoms with Crippen LogP contribution in [0.1, 0.15) is 36.9 Å². The Morgan fingerprint density at radius 3 is 2.34 bits per heavy atom. The lowest BCUT2D eigenvalue weighted by Crippen LogP contribution is -3.05. The standard InChI is InChI=1S/C25H30N2O5/c1-4-16-32-20-12-8-18(9-13-20)23(29)21-22(17-6-10-19(28)11-7-17)27(25(31)24(21)30)15-5-14-26(2)3/h6-13,22,28-29H,4-5,14-16H2,1-3H3. The van der Waals surface area contributed by atoms with Crippen LogP contribution in [0.4, 0.5) is 0 Å². The number of nitrogens with zero attached hydrogens (tertiary/aromatic N) is 1. The highest BCUT2D eigenvalue weighted by Crippen LogP contribution is 2.39. The van der Waals surface area contributed by atoms with Gasteiger partial charge in [-0.1, -0.05) is 36.9 Å². The van der Waals surface area contributed by atoms with Gasteiger partial charge in [0.2, 0.25) is 5.78 Å². The van der Waals surface area contributed by atoms with E-state index in [1.165, 1.54) is 21.9 Å². The maximum atomic E-state index is 13.4. The van der Waals surface area contributed by atoms with Crippen molar-refractivity contribution in [2.45, 2.75) is 25.8 Å². The Bertz CT molecular complexity index is 980. The SMILES string of the molecule is CCCOc1ccc(C([O-])=C2C(=O)C(=O)N(CCC[NH+](C)C)C2c2ccc(O)cc2)cc1. The van der Waals surface area contributed by atoms with Crippen LogP contribution in [0.5, 0.6) is 11.5 Å². The fraction of sp³-hybridized carbons (Fsp3) is 0.360. The van der Waals surface area contributed by atoms with Crippen LogP contribution in [0, 0.1) is 0 Å². The molecule has 0 radical (unpaired) electrons. The Labute approximate surface area is 188 Å². The highest BCUT2D eigenvalue weighted by molar-refractivity contribution is 6.46. The molecule has 1 unspecified atom stereocenters. The third-order valence-electron chi connectivity index (χ3n) is 5.40. The Kier molecular flexibility index (Phi) is 7.53. The Morgan fingerprint density at radius 2 is 1.75 bits per heavy atom. The molecule has 2 N–H and O–H groups in total. The number of Topliss-reactive ketones (excluding diaryl/α,β-unsaturated/α-hetero) is 1. The van der Waals surface area contributed by atoms with E-state index in [1.807, 2.05) is 21.0 Å². The summed E-state index contributed by atoms with van der Waals surface area (Å²) in [6, 6.07) is 12.1. The first-order chi connectivity index (χ1) is 15.3. The third kappa shape index (κ3) is 5.11. The van der Waals surface area contributed by atoms with Crippen molar-refractivity contribution in [2.24, 2.45) is 0 Å². The van der Waals surface area contributed by atoms with Crippen LogP contribution in [0.3, 0.4) is 0 Å². The molecule has 0 bridgehead atoms. The van der Waals surface area contributed by atoms with Crippen molar-refractivity contribution in [3.8, 4) is 11.5 Å². The maximum absolute atomic E-state index is 13.4. The van der Waals surface area contributed by atoms with E-state index < -0.39 is 23.5 Å². The molecule has 2 aromatic rings. The van der Waals surface area contributed by atoms with Gasteiger partial charge in [-0.05, 0) is 41.8 Å². The monoisotopic (exact) mass is 438 g/mol. The fourth-order valence-corrected chi connectivity index (χ4v) is 3.78. The number of nitrogens with one attached hydrogen (secondary N) is 1. The summed E-state index contributed by atoms with van der Waals surface area (Å²) in [6.07, 6.45) is 1.57. The fourth-order valence-electron chi connectivity index (χ4n) is 3.78. The lowest BCUT2D eigenvalue weighted by Gasteiger charge is -2.27. The van der Waals surface area contributed by atoms with Gasteiger partial charge in [-0.15, -0.1) is 0 Å². The van der Waals surface area contributed by atoms with E-state index in [-0.39, 0.29) is 11.3 Å². The lowest BCUT2D eigenvalue weighted by atomic mass is 9.95. The second kappa shape index (κ2) is 10.3. The molecule has 32 heavy (non-hydrogen) atoms. The quantitative estimate of drug-likeness (QED) is 0.345. The molecule has 1 aliphatic heterocycles. The van der Waals surface area contributed by atoms with Crippen LogP contribution in [0.25, 0.3) is 5.76 Å².